The van der Waals surface area contributed by atoms with Gasteiger partial charge in [-0.25, -0.2) is 0 Å². The minimum absolute atomic E-state index is 0.00801. The largest absolute Gasteiger partial charge is 0.433 e. The van der Waals surface area contributed by atoms with Gasteiger partial charge in [0.25, 0.3) is 0 Å². The van der Waals surface area contributed by atoms with E-state index in [2.05, 4.69) is 103 Å². The highest BCUT2D eigenvalue weighted by Crippen LogP contribution is 2.41. The van der Waals surface area contributed by atoms with Crippen LogP contribution in [0.15, 0.2) is 206 Å². The van der Waals surface area contributed by atoms with Crippen LogP contribution in [0.2, 0.25) is 5.02 Å². The monoisotopic (exact) mass is 1480 g/mol. The van der Waals surface area contributed by atoms with Gasteiger partial charge in [-0.1, -0.05) is 59.4 Å². The van der Waals surface area contributed by atoms with Gasteiger partial charge < -0.3 is 14.5 Å². The first kappa shape index (κ1) is 63.5. The van der Waals surface area contributed by atoms with E-state index in [-0.39, 0.29) is 16.9 Å². The Morgan fingerprint density at radius 3 is 1.59 bits per heavy atom. The van der Waals surface area contributed by atoms with Gasteiger partial charge in [-0.15, -0.1) is 10.2 Å². The molecule has 11 heterocycles. The van der Waals surface area contributed by atoms with E-state index in [9.17, 15) is 22.4 Å². The maximum atomic E-state index is 13.4. The molecule has 0 unspecified atom stereocenters. The van der Waals surface area contributed by atoms with E-state index in [0.717, 1.165) is 62.8 Å². The number of nitrogens with zero attached hydrogens (tertiary/aromatic N) is 16. The van der Waals surface area contributed by atoms with Crippen LogP contribution < -0.4 is 14.9 Å². The number of aromatic amines is 1. The van der Waals surface area contributed by atoms with Crippen LogP contribution >= 0.6 is 71.2 Å². The lowest BCUT2D eigenvalue weighted by Crippen LogP contribution is -2.08. The number of halogens is 8. The van der Waals surface area contributed by atoms with Crippen LogP contribution in [0.25, 0.3) is 105 Å². The fourth-order valence-corrected chi connectivity index (χ4v) is 12.4. The first-order valence-corrected chi connectivity index (χ1v) is 31.3. The van der Waals surface area contributed by atoms with Crippen LogP contribution in [0.1, 0.15) is 0 Å². The van der Waals surface area contributed by atoms with E-state index in [1.807, 2.05) is 105 Å². The number of alkyl halides is 4. The minimum atomic E-state index is -2.99. The van der Waals surface area contributed by atoms with E-state index < -0.39 is 13.2 Å². The molecule has 4 aromatic carbocycles. The van der Waals surface area contributed by atoms with E-state index >= 15 is 0 Å². The number of hydrogen-bond acceptors (Lipinski definition) is 14. The summed E-state index contributed by atoms with van der Waals surface area (Å²) in [6.07, 6.45) is 20.6. The molecule has 0 amide bonds. The molecule has 0 spiro atoms. The molecular weight excluding hydrogens is 1440 g/mol. The van der Waals surface area contributed by atoms with Gasteiger partial charge >= 0.3 is 13.2 Å². The molecule has 0 aliphatic heterocycles. The van der Waals surface area contributed by atoms with Crippen molar-refractivity contribution in [3.63, 3.8) is 0 Å². The number of rotatable bonds is 11. The Bertz CT molecular complexity index is 5320. The van der Waals surface area contributed by atoms with Crippen LogP contribution in [0.5, 0.6) is 11.5 Å². The number of hydrogen-bond donors (Lipinski definition) is 1. The van der Waals surface area contributed by atoms with Gasteiger partial charge in [-0.2, -0.15) is 43.1 Å². The Morgan fingerprint density at radius 1 is 0.505 bits per heavy atom. The Hall–Kier alpha value is -9.61. The van der Waals surface area contributed by atoms with Crippen molar-refractivity contribution in [1.82, 2.24) is 83.4 Å². The van der Waals surface area contributed by atoms with Gasteiger partial charge in [0.2, 0.25) is 0 Å². The third kappa shape index (κ3) is 13.8. The molecule has 93 heavy (non-hydrogen) atoms. The zero-order chi connectivity index (χ0) is 65.2. The van der Waals surface area contributed by atoms with E-state index in [1.165, 1.54) is 24.2 Å². The highest BCUT2D eigenvalue weighted by atomic mass is 79.9. The third-order valence-electron chi connectivity index (χ3n) is 14.5. The Labute approximate surface area is 559 Å². The smallest absolute Gasteiger partial charge is 0.387 e. The lowest BCUT2D eigenvalue weighted by atomic mass is 10.1. The molecule has 11 aromatic heterocycles. The summed E-state index contributed by atoms with van der Waals surface area (Å²) in [6.45, 7) is -5.91. The first-order valence-electron chi connectivity index (χ1n) is 27.7. The molecule has 0 aliphatic carbocycles. The quantitative estimate of drug-likeness (QED) is 0.120. The molecule has 0 fully saturated rings. The summed E-state index contributed by atoms with van der Waals surface area (Å²) < 4.78 is 75.1. The SMILES string of the molecule is Cn1cc(-c2ccc3nnc(Sc4ccc5ncc(-c6cnn(C)c6)c(OC(F)F)c5c4)n3c2)cn1.Cn1nccc1-c1c[nH]c2ccc(Br)cc2c1=O.Cn1nccc1-c1cnc2ccc(Br)cc2c1Cl.Cn1nccc1-c1cnc2ccc(Br)cc2c1OC(F)F. The summed E-state index contributed by atoms with van der Waals surface area (Å²) in [6, 6.07) is 31.5. The van der Waals surface area contributed by atoms with Crippen LogP contribution in [0.3, 0.4) is 0 Å². The lowest BCUT2D eigenvalue weighted by Gasteiger charge is -2.13. The number of pyridine rings is 5. The van der Waals surface area contributed by atoms with Gasteiger partial charge in [0.1, 0.15) is 11.5 Å². The van der Waals surface area contributed by atoms with Crippen LogP contribution in [0.4, 0.5) is 17.6 Å². The fraction of sp³-hybridized carbons (Fsp3) is 0.109. The first-order chi connectivity index (χ1) is 44.8. The second kappa shape index (κ2) is 27.3. The average molecular weight is 1490 g/mol. The van der Waals surface area contributed by atoms with Gasteiger partial charge in [-0.05, 0) is 115 Å². The molecule has 15 rings (SSSR count). The van der Waals surface area contributed by atoms with Crippen molar-refractivity contribution in [2.45, 2.75) is 23.3 Å². The van der Waals surface area contributed by atoms with Crippen molar-refractivity contribution < 1.29 is 27.0 Å². The van der Waals surface area contributed by atoms with Crippen LogP contribution in [-0.2, 0) is 35.2 Å². The minimum Gasteiger partial charge on any atom is -0.433 e. The molecule has 0 bridgehead atoms. The second-order valence-corrected chi connectivity index (χ2v) is 24.7. The number of ether oxygens (including phenoxy) is 2. The van der Waals surface area contributed by atoms with E-state index in [0.29, 0.717) is 71.0 Å². The summed E-state index contributed by atoms with van der Waals surface area (Å²) >= 11 is 18.0. The number of aromatic nitrogens is 17. The molecule has 0 atom stereocenters. The molecule has 15 aromatic rings. The fourth-order valence-electron chi connectivity index (χ4n) is 10.1. The molecule has 0 saturated heterocycles. The number of nitrogens with one attached hydrogen (secondary N) is 1. The summed E-state index contributed by atoms with van der Waals surface area (Å²) in [5.41, 5.74) is 10.9. The molecule has 0 aliphatic rings. The number of H-pyrrole nitrogens is 1. The van der Waals surface area contributed by atoms with Crippen LogP contribution in [0, 0.1) is 0 Å². The molecule has 1 N–H and O–H groups in total. The van der Waals surface area contributed by atoms with Gasteiger partial charge in [0.15, 0.2) is 16.2 Å². The summed E-state index contributed by atoms with van der Waals surface area (Å²) in [5.74, 6) is 0.148. The predicted octanol–water partition coefficient (Wildman–Crippen LogP) is 15.6. The topological polar surface area (TPSA) is 209 Å². The lowest BCUT2D eigenvalue weighted by molar-refractivity contribution is -0.0491. The predicted molar refractivity (Wildman–Crippen MR) is 359 cm³/mol. The normalized spacial score (nSPS) is 11.3. The Balaban J connectivity index is 0.000000126. The van der Waals surface area contributed by atoms with E-state index in [1.54, 1.807) is 123 Å². The summed E-state index contributed by atoms with van der Waals surface area (Å²) in [4.78, 5) is 29.6. The zero-order valence-corrected chi connectivity index (χ0v) is 55.5. The second-order valence-electron chi connectivity index (χ2n) is 20.5. The highest BCUT2D eigenvalue weighted by Gasteiger charge is 2.22. The van der Waals surface area contributed by atoms with E-state index in [4.69, 9.17) is 21.1 Å². The van der Waals surface area contributed by atoms with Gasteiger partial charge in [0, 0.05) is 170 Å². The standard InChI is InChI=1S/C24H18F2N8OS.C14H10BrF2N3O.C13H9BrClN3.C13H10BrN3O/c1-32-11-15(8-28-32)14-3-6-21-30-31-24(34(21)13-14)36-17-4-5-20-18(7-17)22(35-23(25)26)19(10-27-20)16-9-29-33(2)12-16;1-20-12(4-5-19-20)10-7-18-11-3-2-8(15)6-9(11)13(10)21-14(16)17;1-18-12(4-5-17-18)10-7-16-11-3-2-8(14)6-9(11)13(10)15;1-17-12(4-5-16-17)10-7-15-11-3-2-8(14)6-9(11)13(10)18/h3-13,23H,1-2H3;2-7,14H,1H3;2-7H,1H3;2-7H,1H3,(H,15,18). The molecule has 0 radical (unpaired) electrons. The van der Waals surface area contributed by atoms with Crippen molar-refractivity contribution in [2.24, 2.45) is 35.2 Å². The number of benzene rings is 4. The summed E-state index contributed by atoms with van der Waals surface area (Å²) in [5, 5.41) is 33.2. The average Bonchev–Trinajstić information content (AvgIpc) is 1.89. The van der Waals surface area contributed by atoms with Crippen LogP contribution in [-0.4, -0.2) is 96.7 Å². The molecule has 20 nitrogen and oxygen atoms in total. The van der Waals surface area contributed by atoms with Crippen molar-refractivity contribution in [3.05, 3.63) is 206 Å². The molecule has 468 valence electrons. The molecule has 29 heteroatoms. The maximum Gasteiger partial charge on any atom is 0.387 e. The van der Waals surface area contributed by atoms with Crippen molar-refractivity contribution in [2.75, 3.05) is 0 Å². The maximum absolute atomic E-state index is 13.4. The van der Waals surface area contributed by atoms with Crippen molar-refractivity contribution >= 4 is 120 Å². The van der Waals surface area contributed by atoms with Crippen molar-refractivity contribution in [3.8, 4) is 67.5 Å². The van der Waals surface area contributed by atoms with Crippen molar-refractivity contribution in [1.29, 1.82) is 0 Å². The molecule has 0 saturated carbocycles. The number of fused-ring (bicyclic) bond motifs is 5. The zero-order valence-electron chi connectivity index (χ0n) is 49.2. The summed E-state index contributed by atoms with van der Waals surface area (Å²) in [7, 11) is 9.05. The number of aryl methyl sites for hydroxylation is 5. The Morgan fingerprint density at radius 2 is 1.01 bits per heavy atom. The Kier molecular flexibility index (Phi) is 18.7. The highest BCUT2D eigenvalue weighted by molar-refractivity contribution is 9.11. The van der Waals surface area contributed by atoms with Gasteiger partial charge in [-0.3, -0.25) is 47.6 Å². The molecular formula is C64H47Br3ClF4N17O3S. The third-order valence-corrected chi connectivity index (χ3v) is 17.4. The van der Waals surface area contributed by atoms with Gasteiger partial charge in [0.05, 0.1) is 62.2 Å².